The molecule has 10 heteroatoms. The number of nitrogens with one attached hydrogen (secondary N) is 3. The Labute approximate surface area is 153 Å². The first kappa shape index (κ1) is 19.2. The van der Waals surface area contributed by atoms with E-state index in [0.29, 0.717) is 5.56 Å². The molecule has 0 bridgehead atoms. The molecular weight excluding hydrogens is 383 g/mol. The minimum atomic E-state index is -4.70. The Bertz CT molecular complexity index is 933. The fourth-order valence-electron chi connectivity index (χ4n) is 2.70. The summed E-state index contributed by atoms with van der Waals surface area (Å²) in [6, 6.07) is 11.5. The van der Waals surface area contributed by atoms with Gasteiger partial charge < -0.3 is 10.6 Å². The molecule has 3 N–H and O–H groups in total. The molecule has 1 heterocycles. The number of amides is 1. The van der Waals surface area contributed by atoms with E-state index in [2.05, 4.69) is 10.0 Å². The summed E-state index contributed by atoms with van der Waals surface area (Å²) < 4.78 is 66.5. The van der Waals surface area contributed by atoms with E-state index in [1.807, 2.05) is 5.32 Å². The third kappa shape index (κ3) is 4.40. The smallest absolute Gasteiger partial charge is 0.360 e. The Kier molecular flexibility index (Phi) is 5.11. The van der Waals surface area contributed by atoms with Gasteiger partial charge in [0, 0.05) is 6.42 Å². The highest BCUT2D eigenvalue weighted by Crippen LogP contribution is 2.26. The molecular formula is C17H16F3N3O3S. The molecule has 0 unspecified atom stereocenters. The van der Waals surface area contributed by atoms with E-state index in [0.717, 1.165) is 0 Å². The van der Waals surface area contributed by atoms with Crippen LogP contribution in [0.2, 0.25) is 0 Å². The zero-order valence-electron chi connectivity index (χ0n) is 13.8. The van der Waals surface area contributed by atoms with E-state index in [-0.39, 0.29) is 10.6 Å². The van der Waals surface area contributed by atoms with Crippen LogP contribution in [-0.4, -0.2) is 32.7 Å². The Morgan fingerprint density at radius 2 is 1.70 bits per heavy atom. The van der Waals surface area contributed by atoms with Crippen molar-refractivity contribution in [2.45, 2.75) is 29.7 Å². The number of carbonyl (C=O) groups is 1. The first-order valence-electron chi connectivity index (χ1n) is 7.96. The molecule has 0 fully saturated rings. The molecule has 0 radical (unpaired) electrons. The average molecular weight is 399 g/mol. The van der Waals surface area contributed by atoms with Gasteiger partial charge in [-0.05, 0) is 17.7 Å². The number of benzene rings is 2. The van der Waals surface area contributed by atoms with Gasteiger partial charge >= 0.3 is 6.18 Å². The molecule has 1 amide bonds. The summed E-state index contributed by atoms with van der Waals surface area (Å²) in [6.45, 7) is 0. The second kappa shape index (κ2) is 7.20. The molecule has 0 aliphatic carbocycles. The van der Waals surface area contributed by atoms with Crippen molar-refractivity contribution in [3.63, 3.8) is 0 Å². The van der Waals surface area contributed by atoms with Crippen molar-refractivity contribution in [3.05, 3.63) is 60.2 Å². The Morgan fingerprint density at radius 1 is 1.07 bits per heavy atom. The Balaban J connectivity index is 1.78. The van der Waals surface area contributed by atoms with Gasteiger partial charge in [-0.25, -0.2) is 8.42 Å². The standard InChI is InChI=1S/C17H16F3N3O3S/c18-17(19,20)14(10-11-6-2-1-3-7-11)22-16(24)15-21-12-8-4-5-9-13(12)27(25,26)23-15/h1-9,14-15,21,23H,10H2,(H,22,24)/t14-,15+/m0/s1. The van der Waals surface area contributed by atoms with E-state index in [1.165, 1.54) is 30.3 Å². The molecule has 2 aromatic carbocycles. The lowest BCUT2D eigenvalue weighted by atomic mass is 10.1. The maximum Gasteiger partial charge on any atom is 0.408 e. The highest BCUT2D eigenvalue weighted by Gasteiger charge is 2.42. The first-order valence-corrected chi connectivity index (χ1v) is 9.44. The van der Waals surface area contributed by atoms with Gasteiger partial charge in [0.1, 0.15) is 10.9 Å². The second-order valence-electron chi connectivity index (χ2n) is 5.99. The van der Waals surface area contributed by atoms with Crippen LogP contribution in [0.3, 0.4) is 0 Å². The quantitative estimate of drug-likeness (QED) is 0.734. The largest absolute Gasteiger partial charge is 0.408 e. The molecule has 1 aliphatic rings. The van der Waals surface area contributed by atoms with Crippen LogP contribution < -0.4 is 15.4 Å². The van der Waals surface area contributed by atoms with E-state index in [4.69, 9.17) is 0 Å². The lowest BCUT2D eigenvalue weighted by Gasteiger charge is -2.29. The number of hydrogen-bond donors (Lipinski definition) is 3. The van der Waals surface area contributed by atoms with E-state index < -0.39 is 40.7 Å². The van der Waals surface area contributed by atoms with Gasteiger partial charge in [0.2, 0.25) is 10.0 Å². The lowest BCUT2D eigenvalue weighted by Crippen LogP contribution is -2.58. The van der Waals surface area contributed by atoms with Crippen molar-refractivity contribution in [3.8, 4) is 0 Å². The Hall–Kier alpha value is -2.59. The number of anilines is 1. The van der Waals surface area contributed by atoms with Crippen LogP contribution in [0.15, 0.2) is 59.5 Å². The number of halogens is 3. The molecule has 6 nitrogen and oxygen atoms in total. The van der Waals surface area contributed by atoms with E-state index in [9.17, 15) is 26.4 Å². The summed E-state index contributed by atoms with van der Waals surface area (Å²) in [5, 5.41) is 4.49. The molecule has 0 saturated carbocycles. The van der Waals surface area contributed by atoms with Gasteiger partial charge in [-0.2, -0.15) is 17.9 Å². The highest BCUT2D eigenvalue weighted by atomic mass is 32.2. The van der Waals surface area contributed by atoms with Crippen LogP contribution in [0.25, 0.3) is 0 Å². The molecule has 0 aromatic heterocycles. The SMILES string of the molecule is O=C(N[C@@H](Cc1ccccc1)C(F)(F)F)[C@@H]1Nc2ccccc2S(=O)(=O)N1. The maximum absolute atomic E-state index is 13.4. The van der Waals surface area contributed by atoms with Crippen molar-refractivity contribution in [1.29, 1.82) is 0 Å². The van der Waals surface area contributed by atoms with Crippen molar-refractivity contribution in [2.24, 2.45) is 0 Å². The summed E-state index contributed by atoms with van der Waals surface area (Å²) >= 11 is 0. The minimum Gasteiger partial charge on any atom is -0.360 e. The normalized spacial score (nSPS) is 19.4. The van der Waals surface area contributed by atoms with Gasteiger partial charge in [-0.3, -0.25) is 4.79 Å². The fourth-order valence-corrected chi connectivity index (χ4v) is 3.97. The summed E-state index contributed by atoms with van der Waals surface area (Å²) in [7, 11) is -4.02. The molecule has 27 heavy (non-hydrogen) atoms. The van der Waals surface area contributed by atoms with Crippen LogP contribution in [0, 0.1) is 0 Å². The van der Waals surface area contributed by atoms with Crippen LogP contribution in [-0.2, 0) is 21.2 Å². The molecule has 2 aromatic rings. The van der Waals surface area contributed by atoms with Gasteiger partial charge in [-0.1, -0.05) is 42.5 Å². The summed E-state index contributed by atoms with van der Waals surface area (Å²) in [4.78, 5) is 12.3. The number of para-hydroxylation sites is 1. The van der Waals surface area contributed by atoms with Gasteiger partial charge in [0.15, 0.2) is 6.17 Å². The van der Waals surface area contributed by atoms with Crippen molar-refractivity contribution >= 4 is 21.6 Å². The predicted octanol–water partition coefficient (Wildman–Crippen LogP) is 2.01. The fraction of sp³-hybridized carbons (Fsp3) is 0.235. The first-order chi connectivity index (χ1) is 12.7. The number of alkyl halides is 3. The average Bonchev–Trinajstić information content (AvgIpc) is 2.60. The number of rotatable bonds is 4. The van der Waals surface area contributed by atoms with Crippen molar-refractivity contribution < 1.29 is 26.4 Å². The third-order valence-electron chi connectivity index (χ3n) is 4.01. The van der Waals surface area contributed by atoms with Crippen LogP contribution in [0.1, 0.15) is 5.56 Å². The van der Waals surface area contributed by atoms with Crippen LogP contribution in [0.4, 0.5) is 18.9 Å². The number of carbonyl (C=O) groups excluding carboxylic acids is 1. The molecule has 0 spiro atoms. The molecule has 2 atom stereocenters. The molecule has 144 valence electrons. The summed E-state index contributed by atoms with van der Waals surface area (Å²) in [5.74, 6) is -1.12. The topological polar surface area (TPSA) is 87.3 Å². The zero-order chi connectivity index (χ0) is 19.7. The third-order valence-corrected chi connectivity index (χ3v) is 5.49. The van der Waals surface area contributed by atoms with Crippen LogP contribution in [0.5, 0.6) is 0 Å². The van der Waals surface area contributed by atoms with Crippen molar-refractivity contribution in [2.75, 3.05) is 5.32 Å². The number of fused-ring (bicyclic) bond motifs is 1. The van der Waals surface area contributed by atoms with E-state index in [1.54, 1.807) is 24.3 Å². The monoisotopic (exact) mass is 399 g/mol. The minimum absolute atomic E-state index is 0.0780. The molecule has 3 rings (SSSR count). The molecule has 1 aliphatic heterocycles. The van der Waals surface area contributed by atoms with Crippen molar-refractivity contribution in [1.82, 2.24) is 10.0 Å². The maximum atomic E-state index is 13.4. The van der Waals surface area contributed by atoms with E-state index >= 15 is 0 Å². The lowest BCUT2D eigenvalue weighted by molar-refractivity contribution is -0.161. The second-order valence-corrected chi connectivity index (χ2v) is 7.67. The molecule has 0 saturated heterocycles. The van der Waals surface area contributed by atoms with Gasteiger partial charge in [0.05, 0.1) is 5.69 Å². The highest BCUT2D eigenvalue weighted by molar-refractivity contribution is 7.89. The summed E-state index contributed by atoms with van der Waals surface area (Å²) in [6.07, 6.45) is -6.71. The summed E-state index contributed by atoms with van der Waals surface area (Å²) in [5.41, 5.74) is 0.533. The van der Waals surface area contributed by atoms with Crippen LogP contribution >= 0.6 is 0 Å². The number of sulfonamides is 1. The predicted molar refractivity (Wildman–Crippen MR) is 92.3 cm³/mol. The zero-order valence-corrected chi connectivity index (χ0v) is 14.6. The van der Waals surface area contributed by atoms with Gasteiger partial charge in [-0.15, -0.1) is 0 Å². The number of hydrogen-bond acceptors (Lipinski definition) is 4. The Morgan fingerprint density at radius 3 is 2.37 bits per heavy atom. The van der Waals surface area contributed by atoms with Gasteiger partial charge in [0.25, 0.3) is 5.91 Å².